The molecule has 21 heavy (non-hydrogen) atoms. The number of nitrogens with one attached hydrogen (secondary N) is 1. The predicted octanol–water partition coefficient (Wildman–Crippen LogP) is 1.27. The Bertz CT molecular complexity index is 491. The minimum absolute atomic E-state index is 0.0324. The molecule has 8 heteroatoms. The number of hydrogen-bond acceptors (Lipinski definition) is 7. The molecule has 1 fully saturated rings. The maximum absolute atomic E-state index is 11.1. The summed E-state index contributed by atoms with van der Waals surface area (Å²) in [4.78, 5) is 16.9. The van der Waals surface area contributed by atoms with E-state index in [1.807, 2.05) is 6.92 Å². The number of rotatable bonds is 6. The number of hydrogen-bond donors (Lipinski definition) is 1. The van der Waals surface area contributed by atoms with Crippen LogP contribution in [0.4, 0.5) is 17.2 Å². The van der Waals surface area contributed by atoms with Crippen molar-refractivity contribution in [2.24, 2.45) is 0 Å². The Morgan fingerprint density at radius 1 is 1.57 bits per heavy atom. The number of methoxy groups -OCH3 is 1. The van der Waals surface area contributed by atoms with Gasteiger partial charge in [-0.1, -0.05) is 0 Å². The van der Waals surface area contributed by atoms with Gasteiger partial charge in [-0.2, -0.15) is 0 Å². The lowest BCUT2D eigenvalue weighted by Crippen LogP contribution is -2.36. The van der Waals surface area contributed by atoms with E-state index in [1.165, 1.54) is 6.20 Å². The third kappa shape index (κ3) is 4.02. The average Bonchev–Trinajstić information content (AvgIpc) is 2.48. The Kier molecular flexibility index (Phi) is 5.29. The van der Waals surface area contributed by atoms with Gasteiger partial charge in [-0.25, -0.2) is 4.98 Å². The summed E-state index contributed by atoms with van der Waals surface area (Å²) < 4.78 is 10.3. The van der Waals surface area contributed by atoms with Crippen molar-refractivity contribution in [1.29, 1.82) is 0 Å². The molecule has 0 spiro atoms. The van der Waals surface area contributed by atoms with Gasteiger partial charge < -0.3 is 19.7 Å². The van der Waals surface area contributed by atoms with Gasteiger partial charge in [0, 0.05) is 32.3 Å². The maximum Gasteiger partial charge on any atom is 0.310 e. The molecular weight excluding hydrogens is 276 g/mol. The van der Waals surface area contributed by atoms with Crippen LogP contribution in [0.2, 0.25) is 0 Å². The summed E-state index contributed by atoms with van der Waals surface area (Å²) in [5.74, 6) is 0.719. The first-order valence-electron chi connectivity index (χ1n) is 6.84. The number of pyridine rings is 1. The van der Waals surface area contributed by atoms with Gasteiger partial charge in [0.2, 0.25) is 0 Å². The number of nitrogens with zero attached hydrogens (tertiary/aromatic N) is 3. The van der Waals surface area contributed by atoms with E-state index in [9.17, 15) is 10.1 Å². The lowest BCUT2D eigenvalue weighted by molar-refractivity contribution is -0.384. The lowest BCUT2D eigenvalue weighted by atomic mass is 10.2. The van der Waals surface area contributed by atoms with Gasteiger partial charge in [0.1, 0.15) is 17.7 Å². The molecule has 0 aliphatic carbocycles. The van der Waals surface area contributed by atoms with Crippen molar-refractivity contribution >= 4 is 17.2 Å². The van der Waals surface area contributed by atoms with Crippen LogP contribution in [0.15, 0.2) is 12.3 Å². The van der Waals surface area contributed by atoms with Gasteiger partial charge in [0.25, 0.3) is 0 Å². The second-order valence-corrected chi connectivity index (χ2v) is 4.92. The standard InChI is InChI=1S/C13H20N4O4/c1-10(9-20-2)15-11-7-13(14-8-12(11)17(18)19)16-3-5-21-6-4-16/h7-8,10H,3-6,9H2,1-2H3,(H,14,15)/t10-/m0/s1. The van der Waals surface area contributed by atoms with E-state index in [1.54, 1.807) is 13.2 Å². The van der Waals surface area contributed by atoms with Crippen LogP contribution in [-0.4, -0.2) is 56.0 Å². The summed E-state index contributed by atoms with van der Waals surface area (Å²) in [6.07, 6.45) is 1.30. The van der Waals surface area contributed by atoms with Crippen LogP contribution in [-0.2, 0) is 9.47 Å². The van der Waals surface area contributed by atoms with Gasteiger partial charge in [-0.3, -0.25) is 10.1 Å². The third-order valence-electron chi connectivity index (χ3n) is 3.22. The molecule has 2 heterocycles. The molecular formula is C13H20N4O4. The highest BCUT2D eigenvalue weighted by Gasteiger charge is 2.20. The highest BCUT2D eigenvalue weighted by atomic mass is 16.6. The Labute approximate surface area is 123 Å². The topological polar surface area (TPSA) is 89.8 Å². The highest BCUT2D eigenvalue weighted by molar-refractivity contribution is 5.66. The van der Waals surface area contributed by atoms with Crippen LogP contribution >= 0.6 is 0 Å². The molecule has 1 aromatic rings. The monoisotopic (exact) mass is 296 g/mol. The Morgan fingerprint density at radius 3 is 2.90 bits per heavy atom. The molecule has 0 radical (unpaired) electrons. The highest BCUT2D eigenvalue weighted by Crippen LogP contribution is 2.28. The Balaban J connectivity index is 2.22. The van der Waals surface area contributed by atoms with Crippen molar-refractivity contribution in [3.05, 3.63) is 22.4 Å². The third-order valence-corrected chi connectivity index (χ3v) is 3.22. The molecule has 1 aliphatic rings. The van der Waals surface area contributed by atoms with E-state index >= 15 is 0 Å². The van der Waals surface area contributed by atoms with Crippen LogP contribution in [0.3, 0.4) is 0 Å². The van der Waals surface area contributed by atoms with Gasteiger partial charge in [0.15, 0.2) is 0 Å². The van der Waals surface area contributed by atoms with Crippen molar-refractivity contribution < 1.29 is 14.4 Å². The van der Waals surface area contributed by atoms with Gasteiger partial charge in [0.05, 0.1) is 24.7 Å². The molecule has 2 rings (SSSR count). The summed E-state index contributed by atoms with van der Waals surface area (Å²) in [5.41, 5.74) is 0.427. The first-order valence-corrected chi connectivity index (χ1v) is 6.84. The van der Waals surface area contributed by atoms with E-state index < -0.39 is 4.92 Å². The van der Waals surface area contributed by atoms with Crippen LogP contribution in [0.1, 0.15) is 6.92 Å². The van der Waals surface area contributed by atoms with Crippen LogP contribution < -0.4 is 10.2 Å². The van der Waals surface area contributed by atoms with E-state index in [0.717, 1.165) is 18.9 Å². The summed E-state index contributed by atoms with van der Waals surface area (Å²) in [7, 11) is 1.60. The molecule has 1 N–H and O–H groups in total. The molecule has 8 nitrogen and oxygen atoms in total. The van der Waals surface area contributed by atoms with Crippen LogP contribution in [0, 0.1) is 10.1 Å². The first kappa shape index (κ1) is 15.5. The van der Waals surface area contributed by atoms with E-state index in [2.05, 4.69) is 15.2 Å². The Hall–Kier alpha value is -1.93. The van der Waals surface area contributed by atoms with E-state index in [0.29, 0.717) is 25.5 Å². The predicted molar refractivity (Wildman–Crippen MR) is 78.9 cm³/mol. The molecule has 0 amide bonds. The first-order chi connectivity index (χ1) is 10.1. The Morgan fingerprint density at radius 2 is 2.29 bits per heavy atom. The number of nitro groups is 1. The van der Waals surface area contributed by atoms with Crippen molar-refractivity contribution in [2.45, 2.75) is 13.0 Å². The molecule has 1 aromatic heterocycles. The normalized spacial score (nSPS) is 16.6. The summed E-state index contributed by atoms with van der Waals surface area (Å²) in [5, 5.41) is 14.2. The number of morpholine rings is 1. The molecule has 1 atom stereocenters. The fraction of sp³-hybridized carbons (Fsp3) is 0.615. The van der Waals surface area contributed by atoms with Crippen molar-refractivity contribution in [3.8, 4) is 0 Å². The molecule has 0 bridgehead atoms. The van der Waals surface area contributed by atoms with Gasteiger partial charge in [-0.15, -0.1) is 0 Å². The molecule has 1 aliphatic heterocycles. The number of anilines is 2. The lowest BCUT2D eigenvalue weighted by Gasteiger charge is -2.28. The average molecular weight is 296 g/mol. The smallest absolute Gasteiger partial charge is 0.310 e. The zero-order chi connectivity index (χ0) is 15.2. The zero-order valence-electron chi connectivity index (χ0n) is 12.2. The van der Waals surface area contributed by atoms with Crippen LogP contribution in [0.5, 0.6) is 0 Å². The quantitative estimate of drug-likeness (QED) is 0.624. The van der Waals surface area contributed by atoms with E-state index in [4.69, 9.17) is 9.47 Å². The maximum atomic E-state index is 11.1. The van der Waals surface area contributed by atoms with Gasteiger partial charge >= 0.3 is 5.69 Å². The molecule has 116 valence electrons. The van der Waals surface area contributed by atoms with Crippen molar-refractivity contribution in [1.82, 2.24) is 4.98 Å². The summed E-state index contributed by atoms with van der Waals surface area (Å²) in [6, 6.07) is 1.68. The van der Waals surface area contributed by atoms with Crippen LogP contribution in [0.25, 0.3) is 0 Å². The fourth-order valence-electron chi connectivity index (χ4n) is 2.22. The minimum atomic E-state index is -0.433. The number of aromatic nitrogens is 1. The summed E-state index contributed by atoms with van der Waals surface area (Å²) >= 11 is 0. The molecule has 1 saturated heterocycles. The SMILES string of the molecule is COC[C@H](C)Nc1cc(N2CCOCC2)ncc1[N+](=O)[O-]. The van der Waals surface area contributed by atoms with Gasteiger partial charge in [-0.05, 0) is 6.92 Å². The zero-order valence-corrected chi connectivity index (χ0v) is 12.2. The molecule has 0 saturated carbocycles. The second kappa shape index (κ2) is 7.19. The largest absolute Gasteiger partial charge is 0.383 e. The number of ether oxygens (including phenoxy) is 2. The summed E-state index contributed by atoms with van der Waals surface area (Å²) in [6.45, 7) is 5.12. The van der Waals surface area contributed by atoms with Crippen molar-refractivity contribution in [3.63, 3.8) is 0 Å². The minimum Gasteiger partial charge on any atom is -0.383 e. The van der Waals surface area contributed by atoms with E-state index in [-0.39, 0.29) is 11.7 Å². The second-order valence-electron chi connectivity index (χ2n) is 4.92. The fourth-order valence-corrected chi connectivity index (χ4v) is 2.22. The molecule has 0 unspecified atom stereocenters. The van der Waals surface area contributed by atoms with Crippen molar-refractivity contribution in [2.75, 3.05) is 50.2 Å². The molecule has 0 aromatic carbocycles.